The molecule has 0 aliphatic heterocycles. The van der Waals surface area contributed by atoms with Gasteiger partial charge in [-0.05, 0) is 19.1 Å². The lowest BCUT2D eigenvalue weighted by Gasteiger charge is -2.20. The first-order valence-corrected chi connectivity index (χ1v) is 4.98. The highest BCUT2D eigenvalue weighted by Gasteiger charge is 2.21. The van der Waals surface area contributed by atoms with Gasteiger partial charge in [0.05, 0.1) is 6.10 Å². The lowest BCUT2D eigenvalue weighted by Crippen LogP contribution is -2.17. The van der Waals surface area contributed by atoms with Gasteiger partial charge in [-0.15, -0.1) is 0 Å². The number of halogens is 2. The molecule has 0 fully saturated rings. The van der Waals surface area contributed by atoms with Crippen LogP contribution in [0.1, 0.15) is 18.6 Å². The zero-order chi connectivity index (χ0) is 10.7. The summed E-state index contributed by atoms with van der Waals surface area (Å²) >= 11 is 11.9. The molecule has 1 rings (SSSR count). The van der Waals surface area contributed by atoms with E-state index >= 15 is 0 Å². The highest BCUT2D eigenvalue weighted by molar-refractivity contribution is 6.36. The summed E-state index contributed by atoms with van der Waals surface area (Å²) < 4.78 is 5.14. The van der Waals surface area contributed by atoms with Crippen LogP contribution in [0.3, 0.4) is 0 Å². The molecule has 0 aromatic heterocycles. The molecule has 0 radical (unpaired) electrons. The van der Waals surface area contributed by atoms with E-state index in [1.165, 1.54) is 7.11 Å². The van der Waals surface area contributed by atoms with Gasteiger partial charge in [0, 0.05) is 22.7 Å². The molecule has 4 heteroatoms. The standard InChI is InChI=1S/C10H12Cl2O2/c1-6(13)10(14-2)9-7(11)4-3-5-8(9)12/h3-6,10,13H,1-2H3/t6-,10+/m1/s1. The average Bonchev–Trinajstić information content (AvgIpc) is 2.10. The molecule has 0 saturated carbocycles. The van der Waals surface area contributed by atoms with Gasteiger partial charge in [0.2, 0.25) is 0 Å². The van der Waals surface area contributed by atoms with E-state index in [2.05, 4.69) is 0 Å². The van der Waals surface area contributed by atoms with Gasteiger partial charge in [-0.2, -0.15) is 0 Å². The third-order valence-electron chi connectivity index (χ3n) is 1.98. The van der Waals surface area contributed by atoms with Gasteiger partial charge < -0.3 is 9.84 Å². The molecule has 0 heterocycles. The molecule has 1 aromatic carbocycles. The summed E-state index contributed by atoms with van der Waals surface area (Å²) in [6.07, 6.45) is -1.14. The number of methoxy groups -OCH3 is 1. The van der Waals surface area contributed by atoms with Crippen LogP contribution >= 0.6 is 23.2 Å². The fourth-order valence-corrected chi connectivity index (χ4v) is 1.95. The molecular weight excluding hydrogens is 223 g/mol. The Labute approximate surface area is 93.4 Å². The third kappa shape index (κ3) is 2.39. The van der Waals surface area contributed by atoms with Crippen LogP contribution in [-0.2, 0) is 4.74 Å². The van der Waals surface area contributed by atoms with E-state index in [1.54, 1.807) is 25.1 Å². The van der Waals surface area contributed by atoms with Gasteiger partial charge in [0.25, 0.3) is 0 Å². The van der Waals surface area contributed by atoms with Crippen LogP contribution in [0.4, 0.5) is 0 Å². The van der Waals surface area contributed by atoms with Crippen LogP contribution in [0.2, 0.25) is 10.0 Å². The number of aliphatic hydroxyl groups excluding tert-OH is 1. The molecular formula is C10H12Cl2O2. The summed E-state index contributed by atoms with van der Waals surface area (Å²) in [6, 6.07) is 5.19. The molecule has 2 nitrogen and oxygen atoms in total. The van der Waals surface area contributed by atoms with E-state index in [1.807, 2.05) is 0 Å². The van der Waals surface area contributed by atoms with Crippen LogP contribution < -0.4 is 0 Å². The van der Waals surface area contributed by atoms with Gasteiger partial charge in [-0.1, -0.05) is 29.3 Å². The largest absolute Gasteiger partial charge is 0.390 e. The molecule has 2 atom stereocenters. The van der Waals surface area contributed by atoms with Crippen molar-refractivity contribution in [2.24, 2.45) is 0 Å². The number of ether oxygens (including phenoxy) is 1. The Kier molecular flexibility index (Phi) is 4.20. The molecule has 0 bridgehead atoms. The predicted molar refractivity (Wildman–Crippen MR) is 57.9 cm³/mol. The molecule has 0 aliphatic carbocycles. The lowest BCUT2D eigenvalue weighted by atomic mass is 10.1. The number of hydrogen-bond donors (Lipinski definition) is 1. The van der Waals surface area contributed by atoms with Crippen molar-refractivity contribution in [3.05, 3.63) is 33.8 Å². The molecule has 0 spiro atoms. The lowest BCUT2D eigenvalue weighted by molar-refractivity contribution is -0.00336. The quantitative estimate of drug-likeness (QED) is 0.872. The van der Waals surface area contributed by atoms with E-state index in [0.29, 0.717) is 15.6 Å². The van der Waals surface area contributed by atoms with Crippen molar-refractivity contribution in [2.75, 3.05) is 7.11 Å². The summed E-state index contributed by atoms with van der Waals surface area (Å²) in [5.41, 5.74) is 0.633. The normalized spacial score (nSPS) is 15.2. The molecule has 1 aromatic rings. The Morgan fingerprint density at radius 1 is 1.29 bits per heavy atom. The highest BCUT2D eigenvalue weighted by Crippen LogP contribution is 2.33. The molecule has 14 heavy (non-hydrogen) atoms. The van der Waals surface area contributed by atoms with Gasteiger partial charge in [-0.3, -0.25) is 0 Å². The molecule has 1 N–H and O–H groups in total. The summed E-state index contributed by atoms with van der Waals surface area (Å²) in [7, 11) is 1.51. The minimum absolute atomic E-state index is 0.490. The van der Waals surface area contributed by atoms with Crippen molar-refractivity contribution in [1.29, 1.82) is 0 Å². The topological polar surface area (TPSA) is 29.5 Å². The highest BCUT2D eigenvalue weighted by atomic mass is 35.5. The number of rotatable bonds is 3. The van der Waals surface area contributed by atoms with Gasteiger partial charge >= 0.3 is 0 Å². The first-order valence-electron chi connectivity index (χ1n) is 4.22. The summed E-state index contributed by atoms with van der Waals surface area (Å²) in [5, 5.41) is 10.5. The van der Waals surface area contributed by atoms with Crippen molar-refractivity contribution >= 4 is 23.2 Å². The van der Waals surface area contributed by atoms with Crippen molar-refractivity contribution in [3.8, 4) is 0 Å². The van der Waals surface area contributed by atoms with E-state index in [-0.39, 0.29) is 0 Å². The zero-order valence-corrected chi connectivity index (χ0v) is 9.51. The molecule has 0 saturated heterocycles. The summed E-state index contributed by atoms with van der Waals surface area (Å²) in [6.45, 7) is 1.63. The average molecular weight is 235 g/mol. The number of aliphatic hydroxyl groups is 1. The minimum atomic E-state index is -0.655. The summed E-state index contributed by atoms with van der Waals surface area (Å²) in [5.74, 6) is 0. The number of benzene rings is 1. The molecule has 0 aliphatic rings. The van der Waals surface area contributed by atoms with Crippen LogP contribution in [0.25, 0.3) is 0 Å². The molecule has 0 amide bonds. The second kappa shape index (κ2) is 4.99. The fraction of sp³-hybridized carbons (Fsp3) is 0.400. The first kappa shape index (κ1) is 11.8. The van der Waals surface area contributed by atoms with E-state index in [4.69, 9.17) is 27.9 Å². The van der Waals surface area contributed by atoms with Crippen molar-refractivity contribution in [2.45, 2.75) is 19.1 Å². The summed E-state index contributed by atoms with van der Waals surface area (Å²) in [4.78, 5) is 0. The van der Waals surface area contributed by atoms with Crippen LogP contribution in [0.5, 0.6) is 0 Å². The Hall–Kier alpha value is -0.280. The minimum Gasteiger partial charge on any atom is -0.390 e. The maximum atomic E-state index is 9.47. The Bertz CT molecular complexity index is 293. The maximum Gasteiger partial charge on any atom is 0.111 e. The predicted octanol–water partition coefficient (Wildman–Crippen LogP) is 3.06. The van der Waals surface area contributed by atoms with Crippen LogP contribution in [0.15, 0.2) is 18.2 Å². The van der Waals surface area contributed by atoms with Crippen molar-refractivity contribution in [3.63, 3.8) is 0 Å². The second-order valence-electron chi connectivity index (χ2n) is 3.03. The molecule has 78 valence electrons. The van der Waals surface area contributed by atoms with Crippen molar-refractivity contribution < 1.29 is 9.84 Å². The first-order chi connectivity index (χ1) is 6.57. The monoisotopic (exact) mass is 234 g/mol. The molecule has 0 unspecified atom stereocenters. The Balaban J connectivity index is 3.15. The van der Waals surface area contributed by atoms with Gasteiger partial charge in [0.1, 0.15) is 6.10 Å². The smallest absolute Gasteiger partial charge is 0.111 e. The maximum absolute atomic E-state index is 9.47. The van der Waals surface area contributed by atoms with Gasteiger partial charge in [0.15, 0.2) is 0 Å². The fourth-order valence-electron chi connectivity index (χ4n) is 1.34. The zero-order valence-electron chi connectivity index (χ0n) is 8.00. The van der Waals surface area contributed by atoms with Gasteiger partial charge in [-0.25, -0.2) is 0 Å². The van der Waals surface area contributed by atoms with E-state index in [9.17, 15) is 5.11 Å². The van der Waals surface area contributed by atoms with Crippen LogP contribution in [-0.4, -0.2) is 18.3 Å². The Morgan fingerprint density at radius 2 is 1.79 bits per heavy atom. The van der Waals surface area contributed by atoms with E-state index in [0.717, 1.165) is 0 Å². The van der Waals surface area contributed by atoms with Crippen LogP contribution in [0, 0.1) is 0 Å². The van der Waals surface area contributed by atoms with E-state index < -0.39 is 12.2 Å². The number of hydrogen-bond acceptors (Lipinski definition) is 2. The SMILES string of the molecule is CO[C@H](c1c(Cl)cccc1Cl)[C@@H](C)O. The third-order valence-corrected chi connectivity index (χ3v) is 2.64. The Morgan fingerprint density at radius 3 is 2.14 bits per heavy atom. The second-order valence-corrected chi connectivity index (χ2v) is 3.85. The van der Waals surface area contributed by atoms with Crippen molar-refractivity contribution in [1.82, 2.24) is 0 Å².